The van der Waals surface area contributed by atoms with Crippen LogP contribution in [0.15, 0.2) is 17.5 Å². The summed E-state index contributed by atoms with van der Waals surface area (Å²) >= 11 is 1.81. The maximum Gasteiger partial charge on any atom is 0.0506 e. The summed E-state index contributed by atoms with van der Waals surface area (Å²) in [7, 11) is 0. The number of nitrogens with two attached hydrogens (primary N) is 1. The highest BCUT2D eigenvalue weighted by Crippen LogP contribution is 2.41. The molecule has 0 aromatic carbocycles. The van der Waals surface area contributed by atoms with Crippen molar-refractivity contribution in [1.29, 1.82) is 0 Å². The zero-order valence-electron chi connectivity index (χ0n) is 8.99. The SMILES string of the molecule is CC1CCC(N)(c2cccs2)CC1C. The first kappa shape index (κ1) is 10.2. The van der Waals surface area contributed by atoms with Crippen LogP contribution >= 0.6 is 11.3 Å². The molecule has 14 heavy (non-hydrogen) atoms. The third-order valence-electron chi connectivity index (χ3n) is 3.72. The van der Waals surface area contributed by atoms with Crippen molar-refractivity contribution >= 4 is 11.3 Å². The van der Waals surface area contributed by atoms with Gasteiger partial charge >= 0.3 is 0 Å². The molecule has 0 radical (unpaired) electrons. The van der Waals surface area contributed by atoms with E-state index in [4.69, 9.17) is 5.73 Å². The molecule has 1 heterocycles. The zero-order chi connectivity index (χ0) is 10.2. The lowest BCUT2D eigenvalue weighted by Gasteiger charge is -2.39. The number of rotatable bonds is 1. The molecule has 1 aliphatic carbocycles. The van der Waals surface area contributed by atoms with Crippen molar-refractivity contribution in [3.63, 3.8) is 0 Å². The maximum absolute atomic E-state index is 6.49. The minimum absolute atomic E-state index is 0.0277. The second kappa shape index (κ2) is 3.67. The van der Waals surface area contributed by atoms with Gasteiger partial charge in [0.15, 0.2) is 0 Å². The predicted molar refractivity (Wildman–Crippen MR) is 62.4 cm³/mol. The average molecular weight is 209 g/mol. The monoisotopic (exact) mass is 209 g/mol. The van der Waals surface area contributed by atoms with Crippen LogP contribution in [0.4, 0.5) is 0 Å². The average Bonchev–Trinajstić information content (AvgIpc) is 2.65. The molecule has 1 fully saturated rings. The number of thiophene rings is 1. The Labute approximate surface area is 90.3 Å². The van der Waals surface area contributed by atoms with Crippen LogP contribution in [-0.2, 0) is 5.54 Å². The summed E-state index contributed by atoms with van der Waals surface area (Å²) < 4.78 is 0. The van der Waals surface area contributed by atoms with Crippen LogP contribution in [0.1, 0.15) is 38.0 Å². The van der Waals surface area contributed by atoms with Crippen molar-refractivity contribution in [2.24, 2.45) is 17.6 Å². The topological polar surface area (TPSA) is 26.0 Å². The summed E-state index contributed by atoms with van der Waals surface area (Å²) in [6, 6.07) is 4.30. The Morgan fingerprint density at radius 2 is 2.21 bits per heavy atom. The Kier molecular flexibility index (Phi) is 2.67. The van der Waals surface area contributed by atoms with Gasteiger partial charge < -0.3 is 5.73 Å². The first-order valence-corrected chi connectivity index (χ1v) is 6.33. The molecule has 3 unspecified atom stereocenters. The molecule has 0 spiro atoms. The molecule has 1 aromatic heterocycles. The smallest absolute Gasteiger partial charge is 0.0506 e. The summed E-state index contributed by atoms with van der Waals surface area (Å²) in [6.45, 7) is 4.68. The molecule has 1 aliphatic rings. The van der Waals surface area contributed by atoms with Gasteiger partial charge in [-0.15, -0.1) is 11.3 Å². The molecule has 2 N–H and O–H groups in total. The predicted octanol–water partition coefficient (Wildman–Crippen LogP) is 3.36. The van der Waals surface area contributed by atoms with Crippen molar-refractivity contribution < 1.29 is 0 Å². The molecule has 78 valence electrons. The molecule has 1 nitrogen and oxygen atoms in total. The third kappa shape index (κ3) is 1.73. The van der Waals surface area contributed by atoms with Gasteiger partial charge in [-0.2, -0.15) is 0 Å². The van der Waals surface area contributed by atoms with Gasteiger partial charge in [-0.1, -0.05) is 19.9 Å². The Bertz CT molecular complexity index is 293. The molecule has 1 aromatic rings. The van der Waals surface area contributed by atoms with Gasteiger partial charge in [-0.05, 0) is 42.5 Å². The summed E-state index contributed by atoms with van der Waals surface area (Å²) in [5, 5.41) is 2.13. The van der Waals surface area contributed by atoms with E-state index in [1.165, 1.54) is 11.3 Å². The summed E-state index contributed by atoms with van der Waals surface area (Å²) in [5.74, 6) is 1.60. The van der Waals surface area contributed by atoms with E-state index >= 15 is 0 Å². The quantitative estimate of drug-likeness (QED) is 0.754. The first-order chi connectivity index (χ1) is 6.62. The van der Waals surface area contributed by atoms with Gasteiger partial charge in [0.25, 0.3) is 0 Å². The lowest BCUT2D eigenvalue weighted by Crippen LogP contribution is -2.42. The summed E-state index contributed by atoms with van der Waals surface area (Å²) in [4.78, 5) is 1.37. The second-order valence-electron chi connectivity index (χ2n) is 4.83. The fourth-order valence-electron chi connectivity index (χ4n) is 2.43. The molecule has 0 saturated heterocycles. The van der Waals surface area contributed by atoms with Crippen LogP contribution in [-0.4, -0.2) is 0 Å². The van der Waals surface area contributed by atoms with Gasteiger partial charge in [-0.3, -0.25) is 0 Å². The molecule has 3 atom stereocenters. The highest BCUT2D eigenvalue weighted by atomic mass is 32.1. The van der Waals surface area contributed by atoms with Crippen LogP contribution in [0, 0.1) is 11.8 Å². The van der Waals surface area contributed by atoms with E-state index < -0.39 is 0 Å². The Morgan fingerprint density at radius 1 is 1.43 bits per heavy atom. The molecule has 2 heteroatoms. The van der Waals surface area contributed by atoms with Crippen LogP contribution in [0.3, 0.4) is 0 Å². The fourth-order valence-corrected chi connectivity index (χ4v) is 3.31. The van der Waals surface area contributed by atoms with Crippen molar-refractivity contribution in [1.82, 2.24) is 0 Å². The van der Waals surface area contributed by atoms with Crippen LogP contribution in [0.25, 0.3) is 0 Å². The van der Waals surface area contributed by atoms with Crippen molar-refractivity contribution in [2.75, 3.05) is 0 Å². The number of hydrogen-bond acceptors (Lipinski definition) is 2. The first-order valence-electron chi connectivity index (χ1n) is 5.45. The van der Waals surface area contributed by atoms with E-state index in [-0.39, 0.29) is 5.54 Å². The Hall–Kier alpha value is -0.340. The highest BCUT2D eigenvalue weighted by molar-refractivity contribution is 7.10. The van der Waals surface area contributed by atoms with E-state index in [0.29, 0.717) is 0 Å². The molecule has 2 rings (SSSR count). The van der Waals surface area contributed by atoms with E-state index in [0.717, 1.165) is 24.7 Å². The van der Waals surface area contributed by atoms with Crippen LogP contribution in [0.2, 0.25) is 0 Å². The molecule has 1 saturated carbocycles. The van der Waals surface area contributed by atoms with Gasteiger partial charge in [0.2, 0.25) is 0 Å². The van der Waals surface area contributed by atoms with Crippen molar-refractivity contribution in [3.8, 4) is 0 Å². The van der Waals surface area contributed by atoms with E-state index in [1.807, 2.05) is 0 Å². The van der Waals surface area contributed by atoms with Gasteiger partial charge in [0.05, 0.1) is 5.54 Å². The summed E-state index contributed by atoms with van der Waals surface area (Å²) in [5.41, 5.74) is 6.46. The lowest BCUT2D eigenvalue weighted by molar-refractivity contribution is 0.180. The summed E-state index contributed by atoms with van der Waals surface area (Å²) in [6.07, 6.45) is 3.57. The van der Waals surface area contributed by atoms with E-state index in [2.05, 4.69) is 31.4 Å². The standard InChI is InChI=1S/C12H19NS/c1-9-5-6-12(13,8-10(9)2)11-4-3-7-14-11/h3-4,7,9-10H,5-6,8,13H2,1-2H3. The van der Waals surface area contributed by atoms with Gasteiger partial charge in [0.1, 0.15) is 0 Å². The lowest BCUT2D eigenvalue weighted by atomic mass is 9.71. The minimum Gasteiger partial charge on any atom is -0.321 e. The number of hydrogen-bond donors (Lipinski definition) is 1. The largest absolute Gasteiger partial charge is 0.321 e. The molecular formula is C12H19NS. The van der Waals surface area contributed by atoms with Crippen LogP contribution < -0.4 is 5.73 Å². The molecule has 0 bridgehead atoms. The van der Waals surface area contributed by atoms with Crippen LogP contribution in [0.5, 0.6) is 0 Å². The van der Waals surface area contributed by atoms with Crippen molar-refractivity contribution in [3.05, 3.63) is 22.4 Å². The van der Waals surface area contributed by atoms with Crippen molar-refractivity contribution in [2.45, 2.75) is 38.6 Å². The minimum atomic E-state index is -0.0277. The third-order valence-corrected chi connectivity index (χ3v) is 4.81. The second-order valence-corrected chi connectivity index (χ2v) is 5.78. The van der Waals surface area contributed by atoms with E-state index in [1.54, 1.807) is 11.3 Å². The molecule has 0 aliphatic heterocycles. The molecular weight excluding hydrogens is 190 g/mol. The fraction of sp³-hybridized carbons (Fsp3) is 0.667. The normalized spacial score (nSPS) is 38.5. The Balaban J connectivity index is 2.18. The highest BCUT2D eigenvalue weighted by Gasteiger charge is 2.36. The Morgan fingerprint density at radius 3 is 2.79 bits per heavy atom. The van der Waals surface area contributed by atoms with Gasteiger partial charge in [0, 0.05) is 4.88 Å². The van der Waals surface area contributed by atoms with Gasteiger partial charge in [-0.25, -0.2) is 0 Å². The van der Waals surface area contributed by atoms with E-state index in [9.17, 15) is 0 Å². The zero-order valence-corrected chi connectivity index (χ0v) is 9.81. The maximum atomic E-state index is 6.49. The molecule has 0 amide bonds.